The van der Waals surface area contributed by atoms with Crippen molar-refractivity contribution in [3.8, 4) is 0 Å². The fourth-order valence-corrected chi connectivity index (χ4v) is 2.10. The Balaban J connectivity index is 2.11. The van der Waals surface area contributed by atoms with Gasteiger partial charge in [0.15, 0.2) is 0 Å². The van der Waals surface area contributed by atoms with E-state index in [1.165, 1.54) is 12.1 Å². The number of rotatable bonds is 4. The van der Waals surface area contributed by atoms with Crippen molar-refractivity contribution >= 4 is 5.91 Å². The van der Waals surface area contributed by atoms with Crippen molar-refractivity contribution in [3.63, 3.8) is 0 Å². The van der Waals surface area contributed by atoms with Gasteiger partial charge in [-0.15, -0.1) is 0 Å². The second-order valence-corrected chi connectivity index (χ2v) is 5.61. The molecule has 1 aromatic carbocycles. The van der Waals surface area contributed by atoms with Crippen LogP contribution in [0.4, 0.5) is 13.2 Å². The predicted octanol–water partition coefficient (Wildman–Crippen LogP) is 4.16. The molecule has 0 spiro atoms. The van der Waals surface area contributed by atoms with Crippen LogP contribution in [0.15, 0.2) is 35.9 Å². The van der Waals surface area contributed by atoms with E-state index in [2.05, 4.69) is 0 Å². The smallest absolute Gasteiger partial charge is 0.332 e. The maximum atomic E-state index is 12.5. The summed E-state index contributed by atoms with van der Waals surface area (Å²) in [5.41, 5.74) is 0.961. The molecule has 1 aliphatic carbocycles. The molecule has 1 saturated carbocycles. The molecule has 0 N–H and O–H groups in total. The molecule has 1 aromatic rings. The number of amides is 1. The highest BCUT2D eigenvalue weighted by atomic mass is 19.4. The Morgan fingerprint density at radius 2 is 1.81 bits per heavy atom. The molecule has 114 valence electrons. The van der Waals surface area contributed by atoms with Crippen LogP contribution in [0, 0.1) is 0 Å². The largest absolute Gasteiger partial charge is 0.416 e. The Bertz CT molecular complexity index is 538. The summed E-state index contributed by atoms with van der Waals surface area (Å²) in [5, 5.41) is 0. The van der Waals surface area contributed by atoms with Crippen molar-refractivity contribution in [2.75, 3.05) is 0 Å². The lowest BCUT2D eigenvalue weighted by Crippen LogP contribution is -2.31. The van der Waals surface area contributed by atoms with Gasteiger partial charge in [-0.3, -0.25) is 4.79 Å². The van der Waals surface area contributed by atoms with Crippen LogP contribution in [0.25, 0.3) is 0 Å². The number of hydrogen-bond donors (Lipinski definition) is 0. The van der Waals surface area contributed by atoms with E-state index in [0.29, 0.717) is 12.1 Å². The molecule has 0 unspecified atom stereocenters. The van der Waals surface area contributed by atoms with Crippen molar-refractivity contribution in [2.45, 2.75) is 45.5 Å². The Hall–Kier alpha value is -1.78. The number of carbonyl (C=O) groups excluding carboxylic acids is 1. The first kappa shape index (κ1) is 15.6. The Labute approximate surface area is 122 Å². The summed E-state index contributed by atoms with van der Waals surface area (Å²) in [6, 6.07) is 5.22. The molecule has 21 heavy (non-hydrogen) atoms. The van der Waals surface area contributed by atoms with Gasteiger partial charge in [0.2, 0.25) is 5.91 Å². The van der Waals surface area contributed by atoms with Crippen LogP contribution in [0.3, 0.4) is 0 Å². The third-order valence-electron chi connectivity index (χ3n) is 3.32. The number of allylic oxidation sites excluding steroid dienone is 1. The molecule has 0 atom stereocenters. The van der Waals surface area contributed by atoms with E-state index in [0.717, 1.165) is 30.5 Å². The van der Waals surface area contributed by atoms with E-state index in [9.17, 15) is 18.0 Å². The highest BCUT2D eigenvalue weighted by molar-refractivity contribution is 5.88. The van der Waals surface area contributed by atoms with Crippen LogP contribution in [-0.2, 0) is 17.5 Å². The Kier molecular flexibility index (Phi) is 4.40. The summed E-state index contributed by atoms with van der Waals surface area (Å²) in [6.07, 6.45) is -0.832. The third-order valence-corrected chi connectivity index (χ3v) is 3.32. The summed E-state index contributed by atoms with van der Waals surface area (Å²) in [4.78, 5) is 13.9. The van der Waals surface area contributed by atoms with Crippen LogP contribution in [0.1, 0.15) is 37.8 Å². The first-order valence-electron chi connectivity index (χ1n) is 6.89. The average Bonchev–Trinajstić information content (AvgIpc) is 3.18. The van der Waals surface area contributed by atoms with Crippen LogP contribution >= 0.6 is 0 Å². The van der Waals surface area contributed by atoms with Crippen LogP contribution in [0.2, 0.25) is 0 Å². The molecule has 2 nitrogen and oxygen atoms in total. The highest BCUT2D eigenvalue weighted by Crippen LogP contribution is 2.31. The SMILES string of the molecule is CC(C)=CC(=O)N(Cc1ccc(C(F)(F)F)cc1)C1CC1. The van der Waals surface area contributed by atoms with E-state index in [4.69, 9.17) is 0 Å². The van der Waals surface area contributed by atoms with Crippen molar-refractivity contribution in [1.29, 1.82) is 0 Å². The lowest BCUT2D eigenvalue weighted by atomic mass is 10.1. The van der Waals surface area contributed by atoms with Crippen molar-refractivity contribution in [1.82, 2.24) is 4.90 Å². The zero-order valence-electron chi connectivity index (χ0n) is 12.1. The molecule has 2 rings (SSSR count). The van der Waals surface area contributed by atoms with Gasteiger partial charge in [0.25, 0.3) is 0 Å². The summed E-state index contributed by atoms with van der Waals surface area (Å²) in [5.74, 6) is -0.0719. The molecule has 0 radical (unpaired) electrons. The minimum Gasteiger partial charge on any atom is -0.332 e. The molecule has 1 amide bonds. The summed E-state index contributed by atoms with van der Waals surface area (Å²) >= 11 is 0. The highest BCUT2D eigenvalue weighted by Gasteiger charge is 2.32. The number of carbonyl (C=O) groups is 1. The number of benzene rings is 1. The topological polar surface area (TPSA) is 20.3 Å². The van der Waals surface area contributed by atoms with Gasteiger partial charge in [-0.1, -0.05) is 17.7 Å². The van der Waals surface area contributed by atoms with Gasteiger partial charge < -0.3 is 4.90 Å². The molecular formula is C16H18F3NO. The maximum Gasteiger partial charge on any atom is 0.416 e. The Morgan fingerprint density at radius 3 is 2.24 bits per heavy atom. The van der Waals surface area contributed by atoms with Gasteiger partial charge in [-0.2, -0.15) is 13.2 Å². The van der Waals surface area contributed by atoms with Gasteiger partial charge in [0.1, 0.15) is 0 Å². The number of nitrogens with zero attached hydrogens (tertiary/aromatic N) is 1. The first-order valence-corrected chi connectivity index (χ1v) is 6.89. The van der Waals surface area contributed by atoms with E-state index < -0.39 is 11.7 Å². The van der Waals surface area contributed by atoms with Crippen LogP contribution in [-0.4, -0.2) is 16.8 Å². The normalized spacial score (nSPS) is 14.7. The maximum absolute atomic E-state index is 12.5. The quantitative estimate of drug-likeness (QED) is 0.764. The van der Waals surface area contributed by atoms with E-state index in [-0.39, 0.29) is 11.9 Å². The molecule has 1 fully saturated rings. The Morgan fingerprint density at radius 1 is 1.24 bits per heavy atom. The molecule has 0 aliphatic heterocycles. The van der Waals surface area contributed by atoms with Gasteiger partial charge in [0.05, 0.1) is 5.56 Å². The molecule has 0 heterocycles. The third kappa shape index (κ3) is 4.34. The standard InChI is InChI=1S/C16H18F3NO/c1-11(2)9-15(21)20(14-7-8-14)10-12-3-5-13(6-4-12)16(17,18)19/h3-6,9,14H,7-8,10H2,1-2H3. The summed E-state index contributed by atoms with van der Waals surface area (Å²) in [7, 11) is 0. The molecule has 0 bridgehead atoms. The number of alkyl halides is 3. The van der Waals surface area contributed by atoms with Gasteiger partial charge in [-0.05, 0) is 44.4 Å². The van der Waals surface area contributed by atoms with E-state index >= 15 is 0 Å². The predicted molar refractivity (Wildman–Crippen MR) is 74.4 cm³/mol. The average molecular weight is 297 g/mol. The molecule has 0 saturated heterocycles. The zero-order chi connectivity index (χ0) is 15.6. The fourth-order valence-electron chi connectivity index (χ4n) is 2.10. The minimum atomic E-state index is -4.33. The lowest BCUT2D eigenvalue weighted by molar-refractivity contribution is -0.137. The summed E-state index contributed by atoms with van der Waals surface area (Å²) in [6.45, 7) is 4.05. The van der Waals surface area contributed by atoms with Crippen LogP contribution in [0.5, 0.6) is 0 Å². The van der Waals surface area contributed by atoms with Gasteiger partial charge in [-0.25, -0.2) is 0 Å². The summed E-state index contributed by atoms with van der Waals surface area (Å²) < 4.78 is 37.6. The minimum absolute atomic E-state index is 0.0719. The molecule has 5 heteroatoms. The van der Waals surface area contributed by atoms with Crippen molar-refractivity contribution in [3.05, 3.63) is 47.0 Å². The van der Waals surface area contributed by atoms with Crippen LogP contribution < -0.4 is 0 Å². The number of hydrogen-bond acceptors (Lipinski definition) is 1. The molecule has 0 aromatic heterocycles. The zero-order valence-corrected chi connectivity index (χ0v) is 12.1. The fraction of sp³-hybridized carbons (Fsp3) is 0.438. The second-order valence-electron chi connectivity index (χ2n) is 5.61. The monoisotopic (exact) mass is 297 g/mol. The van der Waals surface area contributed by atoms with Crippen molar-refractivity contribution < 1.29 is 18.0 Å². The lowest BCUT2D eigenvalue weighted by Gasteiger charge is -2.21. The van der Waals surface area contributed by atoms with Gasteiger partial charge in [0, 0.05) is 18.7 Å². The second kappa shape index (κ2) is 5.92. The molecular weight excluding hydrogens is 279 g/mol. The van der Waals surface area contributed by atoms with Gasteiger partial charge >= 0.3 is 6.18 Å². The van der Waals surface area contributed by atoms with E-state index in [1.54, 1.807) is 11.0 Å². The van der Waals surface area contributed by atoms with E-state index in [1.807, 2.05) is 13.8 Å². The first-order chi connectivity index (χ1) is 9.77. The molecule has 1 aliphatic rings. The number of halogens is 3. The van der Waals surface area contributed by atoms with Crippen molar-refractivity contribution in [2.24, 2.45) is 0 Å².